The maximum atomic E-state index is 14.0. The molecule has 2 aromatic carbocycles. The van der Waals surface area contributed by atoms with Gasteiger partial charge < -0.3 is 5.32 Å². The quantitative estimate of drug-likeness (QED) is 0.837. The number of anilines is 1. The Balaban J connectivity index is 2.12. The zero-order chi connectivity index (χ0) is 13.9. The van der Waals surface area contributed by atoms with Crippen LogP contribution >= 0.6 is 15.9 Å². The smallest absolute Gasteiger partial charge is 0.290 e. The Bertz CT molecular complexity index is 555. The molecule has 100 valence electrons. The summed E-state index contributed by atoms with van der Waals surface area (Å²) in [6, 6.07) is 13.4. The Morgan fingerprint density at radius 3 is 2.47 bits per heavy atom. The molecule has 0 heterocycles. The van der Waals surface area contributed by atoms with Crippen LogP contribution in [-0.2, 0) is 5.92 Å². The molecule has 0 atom stereocenters. The van der Waals surface area contributed by atoms with E-state index in [1.807, 2.05) is 25.1 Å². The van der Waals surface area contributed by atoms with Crippen LogP contribution in [0, 0.1) is 6.92 Å². The van der Waals surface area contributed by atoms with Crippen molar-refractivity contribution in [2.75, 3.05) is 11.9 Å². The predicted octanol–water partition coefficient (Wildman–Crippen LogP) is 4.96. The van der Waals surface area contributed by atoms with E-state index in [4.69, 9.17) is 0 Å². The van der Waals surface area contributed by atoms with Gasteiger partial charge in [-0.05, 0) is 40.5 Å². The third-order valence-corrected chi connectivity index (χ3v) is 3.51. The van der Waals surface area contributed by atoms with Crippen LogP contribution in [0.3, 0.4) is 0 Å². The van der Waals surface area contributed by atoms with Crippen LogP contribution in [-0.4, -0.2) is 6.54 Å². The van der Waals surface area contributed by atoms with Gasteiger partial charge in [-0.1, -0.05) is 36.4 Å². The van der Waals surface area contributed by atoms with Gasteiger partial charge in [0.05, 0.1) is 6.54 Å². The summed E-state index contributed by atoms with van der Waals surface area (Å²) in [6.45, 7) is 1.49. The topological polar surface area (TPSA) is 12.0 Å². The molecular formula is C15H14BrF2N. The SMILES string of the molecule is Cc1ccc(Br)c(NCC(F)(F)c2ccccc2)c1. The first-order chi connectivity index (χ1) is 8.99. The molecule has 0 aliphatic carbocycles. The summed E-state index contributed by atoms with van der Waals surface area (Å²) in [5.74, 6) is -2.90. The van der Waals surface area contributed by atoms with E-state index in [1.54, 1.807) is 18.2 Å². The third-order valence-electron chi connectivity index (χ3n) is 2.82. The Kier molecular flexibility index (Phi) is 4.20. The second-order valence-electron chi connectivity index (χ2n) is 4.41. The molecule has 0 bridgehead atoms. The van der Waals surface area contributed by atoms with Gasteiger partial charge in [-0.3, -0.25) is 0 Å². The number of hydrogen-bond acceptors (Lipinski definition) is 1. The van der Waals surface area contributed by atoms with Crippen molar-refractivity contribution in [1.29, 1.82) is 0 Å². The van der Waals surface area contributed by atoms with E-state index in [2.05, 4.69) is 21.2 Å². The van der Waals surface area contributed by atoms with Gasteiger partial charge >= 0.3 is 0 Å². The van der Waals surface area contributed by atoms with Crippen molar-refractivity contribution in [3.8, 4) is 0 Å². The molecule has 0 aliphatic heterocycles. The van der Waals surface area contributed by atoms with Crippen molar-refractivity contribution in [2.24, 2.45) is 0 Å². The van der Waals surface area contributed by atoms with Gasteiger partial charge in [-0.2, -0.15) is 8.78 Å². The lowest BCUT2D eigenvalue weighted by Crippen LogP contribution is -2.24. The first-order valence-electron chi connectivity index (χ1n) is 5.92. The minimum atomic E-state index is -2.90. The summed E-state index contributed by atoms with van der Waals surface area (Å²) in [6.07, 6.45) is 0. The highest BCUT2D eigenvalue weighted by Gasteiger charge is 2.31. The average molecular weight is 326 g/mol. The van der Waals surface area contributed by atoms with E-state index in [1.165, 1.54) is 12.1 Å². The summed E-state index contributed by atoms with van der Waals surface area (Å²) in [7, 11) is 0. The normalized spacial score (nSPS) is 11.4. The van der Waals surface area contributed by atoms with E-state index in [9.17, 15) is 8.78 Å². The zero-order valence-corrected chi connectivity index (χ0v) is 12.0. The Labute approximate surface area is 119 Å². The maximum Gasteiger partial charge on any atom is 0.290 e. The molecule has 0 fully saturated rings. The fourth-order valence-corrected chi connectivity index (χ4v) is 2.15. The number of nitrogens with one attached hydrogen (secondary N) is 1. The second kappa shape index (κ2) is 5.70. The molecule has 0 amide bonds. The summed E-state index contributed by atoms with van der Waals surface area (Å²) in [4.78, 5) is 0. The zero-order valence-electron chi connectivity index (χ0n) is 10.5. The molecule has 2 rings (SSSR count). The number of halogens is 3. The average Bonchev–Trinajstić information content (AvgIpc) is 2.41. The fourth-order valence-electron chi connectivity index (χ4n) is 1.76. The van der Waals surface area contributed by atoms with E-state index in [-0.39, 0.29) is 5.56 Å². The lowest BCUT2D eigenvalue weighted by Gasteiger charge is -2.19. The van der Waals surface area contributed by atoms with Crippen LogP contribution in [0.4, 0.5) is 14.5 Å². The van der Waals surface area contributed by atoms with Crippen LogP contribution in [0.1, 0.15) is 11.1 Å². The van der Waals surface area contributed by atoms with Crippen LogP contribution in [0.5, 0.6) is 0 Å². The lowest BCUT2D eigenvalue weighted by molar-refractivity contribution is 0.0106. The number of aryl methyl sites for hydroxylation is 1. The monoisotopic (exact) mass is 325 g/mol. The van der Waals surface area contributed by atoms with Gasteiger partial charge in [0.15, 0.2) is 0 Å². The van der Waals surface area contributed by atoms with Gasteiger partial charge in [0.25, 0.3) is 5.92 Å². The Morgan fingerprint density at radius 2 is 1.79 bits per heavy atom. The number of hydrogen-bond donors (Lipinski definition) is 1. The molecule has 19 heavy (non-hydrogen) atoms. The molecule has 0 unspecified atom stereocenters. The molecule has 1 N–H and O–H groups in total. The number of alkyl halides is 2. The first-order valence-corrected chi connectivity index (χ1v) is 6.72. The third kappa shape index (κ3) is 3.53. The highest BCUT2D eigenvalue weighted by Crippen LogP contribution is 2.30. The molecule has 0 saturated carbocycles. The van der Waals surface area contributed by atoms with Crippen LogP contribution in [0.25, 0.3) is 0 Å². The molecule has 0 spiro atoms. The van der Waals surface area contributed by atoms with Gasteiger partial charge in [-0.15, -0.1) is 0 Å². The summed E-state index contributed by atoms with van der Waals surface area (Å²) in [5.41, 5.74) is 1.72. The Morgan fingerprint density at radius 1 is 1.11 bits per heavy atom. The summed E-state index contributed by atoms with van der Waals surface area (Å²) < 4.78 is 28.8. The van der Waals surface area contributed by atoms with Crippen molar-refractivity contribution in [3.63, 3.8) is 0 Å². The van der Waals surface area contributed by atoms with Crippen LogP contribution in [0.15, 0.2) is 53.0 Å². The van der Waals surface area contributed by atoms with E-state index in [0.29, 0.717) is 5.69 Å². The fraction of sp³-hybridized carbons (Fsp3) is 0.200. The molecule has 0 aliphatic rings. The van der Waals surface area contributed by atoms with E-state index < -0.39 is 12.5 Å². The Hall–Kier alpha value is -1.42. The maximum absolute atomic E-state index is 14.0. The molecule has 0 radical (unpaired) electrons. The van der Waals surface area contributed by atoms with E-state index >= 15 is 0 Å². The minimum absolute atomic E-state index is 0.0197. The van der Waals surface area contributed by atoms with Crippen molar-refractivity contribution >= 4 is 21.6 Å². The lowest BCUT2D eigenvalue weighted by atomic mass is 10.1. The molecule has 1 nitrogen and oxygen atoms in total. The van der Waals surface area contributed by atoms with Gasteiger partial charge in [-0.25, -0.2) is 0 Å². The van der Waals surface area contributed by atoms with Gasteiger partial charge in [0, 0.05) is 15.7 Å². The van der Waals surface area contributed by atoms with Crippen molar-refractivity contribution in [3.05, 3.63) is 64.1 Å². The molecule has 0 saturated heterocycles. The standard InChI is InChI=1S/C15H14BrF2N/c1-11-7-8-13(16)14(9-11)19-10-15(17,18)12-5-3-2-4-6-12/h2-9,19H,10H2,1H3. The molecule has 2 aromatic rings. The molecule has 4 heteroatoms. The second-order valence-corrected chi connectivity index (χ2v) is 5.26. The number of benzene rings is 2. The van der Waals surface area contributed by atoms with Gasteiger partial charge in [0.1, 0.15) is 0 Å². The van der Waals surface area contributed by atoms with E-state index in [0.717, 1.165) is 10.0 Å². The highest BCUT2D eigenvalue weighted by atomic mass is 79.9. The molecular weight excluding hydrogens is 312 g/mol. The van der Waals surface area contributed by atoms with Crippen molar-refractivity contribution in [1.82, 2.24) is 0 Å². The predicted molar refractivity (Wildman–Crippen MR) is 77.7 cm³/mol. The van der Waals surface area contributed by atoms with Crippen LogP contribution < -0.4 is 5.32 Å². The van der Waals surface area contributed by atoms with Crippen molar-refractivity contribution < 1.29 is 8.78 Å². The summed E-state index contributed by atoms with van der Waals surface area (Å²) >= 11 is 3.35. The van der Waals surface area contributed by atoms with Gasteiger partial charge in [0.2, 0.25) is 0 Å². The molecule has 0 aromatic heterocycles. The number of rotatable bonds is 4. The first kappa shape index (κ1) is 14.0. The van der Waals surface area contributed by atoms with Crippen molar-refractivity contribution in [2.45, 2.75) is 12.8 Å². The summed E-state index contributed by atoms with van der Waals surface area (Å²) in [5, 5.41) is 2.80. The highest BCUT2D eigenvalue weighted by molar-refractivity contribution is 9.10. The minimum Gasteiger partial charge on any atom is -0.378 e. The largest absolute Gasteiger partial charge is 0.378 e. The van der Waals surface area contributed by atoms with Crippen LogP contribution in [0.2, 0.25) is 0 Å².